The van der Waals surface area contributed by atoms with Crippen LogP contribution in [0.3, 0.4) is 0 Å². The molecule has 0 bridgehead atoms. The van der Waals surface area contributed by atoms with Gasteiger partial charge in [-0.1, -0.05) is 37.1 Å². The maximum atomic E-state index is 12.9. The van der Waals surface area contributed by atoms with Crippen LogP contribution in [0.1, 0.15) is 25.7 Å². The Morgan fingerprint density at radius 2 is 1.67 bits per heavy atom. The lowest BCUT2D eigenvalue weighted by atomic mass is 10.2. The number of amides is 1. The first kappa shape index (κ1) is 19.9. The van der Waals surface area contributed by atoms with E-state index in [0.717, 1.165) is 30.6 Å². The minimum atomic E-state index is -3.52. The molecule has 1 N–H and O–H groups in total. The van der Waals surface area contributed by atoms with Gasteiger partial charge in [0.25, 0.3) is 0 Å². The molecule has 0 atom stereocenters. The highest BCUT2D eigenvalue weighted by molar-refractivity contribution is 8.00. The molecule has 0 aliphatic carbocycles. The fraction of sp³-hybridized carbons (Fsp3) is 0.350. The van der Waals surface area contributed by atoms with Crippen molar-refractivity contribution in [2.24, 2.45) is 0 Å². The SMILES string of the molecule is O=C(CSc1ccccc1)Nc1cccc(S(=O)(=O)N2CCCCCC2)c1. The Kier molecular flexibility index (Phi) is 6.93. The Morgan fingerprint density at radius 1 is 0.963 bits per heavy atom. The topological polar surface area (TPSA) is 66.5 Å². The third kappa shape index (κ3) is 5.57. The van der Waals surface area contributed by atoms with Crippen LogP contribution in [0.25, 0.3) is 0 Å². The Hall–Kier alpha value is -1.83. The van der Waals surface area contributed by atoms with Crippen molar-refractivity contribution in [2.75, 3.05) is 24.2 Å². The Morgan fingerprint density at radius 3 is 2.37 bits per heavy atom. The number of benzene rings is 2. The number of carbonyl (C=O) groups is 1. The molecule has 1 aliphatic heterocycles. The van der Waals surface area contributed by atoms with Gasteiger partial charge in [0.05, 0.1) is 10.6 Å². The van der Waals surface area contributed by atoms with E-state index in [1.807, 2.05) is 30.3 Å². The molecule has 0 saturated carbocycles. The van der Waals surface area contributed by atoms with E-state index in [4.69, 9.17) is 0 Å². The molecule has 1 fully saturated rings. The number of sulfonamides is 1. The third-order valence-corrected chi connectivity index (χ3v) is 7.34. The maximum absolute atomic E-state index is 12.9. The van der Waals surface area contributed by atoms with Gasteiger partial charge < -0.3 is 5.32 Å². The number of carbonyl (C=O) groups excluding carboxylic acids is 1. The number of rotatable bonds is 6. The molecular formula is C20H24N2O3S2. The molecule has 144 valence electrons. The molecular weight excluding hydrogens is 380 g/mol. The number of thioether (sulfide) groups is 1. The van der Waals surface area contributed by atoms with Crippen LogP contribution in [0, 0.1) is 0 Å². The van der Waals surface area contributed by atoms with Crippen LogP contribution >= 0.6 is 11.8 Å². The van der Waals surface area contributed by atoms with Crippen molar-refractivity contribution < 1.29 is 13.2 Å². The normalized spacial score (nSPS) is 15.9. The Bertz CT molecular complexity index is 862. The van der Waals surface area contributed by atoms with Crippen molar-refractivity contribution in [3.63, 3.8) is 0 Å². The van der Waals surface area contributed by atoms with Crippen molar-refractivity contribution in [1.29, 1.82) is 0 Å². The lowest BCUT2D eigenvalue weighted by molar-refractivity contribution is -0.113. The molecule has 27 heavy (non-hydrogen) atoms. The van der Waals surface area contributed by atoms with E-state index < -0.39 is 10.0 Å². The molecule has 2 aromatic rings. The second-order valence-electron chi connectivity index (χ2n) is 6.50. The summed E-state index contributed by atoms with van der Waals surface area (Å²) in [5.74, 6) is 0.112. The third-order valence-electron chi connectivity index (χ3n) is 4.43. The molecule has 7 heteroatoms. The molecule has 1 saturated heterocycles. The largest absolute Gasteiger partial charge is 0.325 e. The number of hydrogen-bond donors (Lipinski definition) is 1. The highest BCUT2D eigenvalue weighted by Gasteiger charge is 2.25. The van der Waals surface area contributed by atoms with Gasteiger partial charge in [0.1, 0.15) is 0 Å². The average Bonchev–Trinajstić information content (AvgIpc) is 2.97. The summed E-state index contributed by atoms with van der Waals surface area (Å²) in [7, 11) is -3.52. The van der Waals surface area contributed by atoms with Crippen LogP contribution in [-0.4, -0.2) is 37.5 Å². The maximum Gasteiger partial charge on any atom is 0.243 e. The van der Waals surface area contributed by atoms with E-state index in [9.17, 15) is 13.2 Å². The molecule has 1 amide bonds. The van der Waals surface area contributed by atoms with E-state index in [1.54, 1.807) is 28.6 Å². The first-order valence-corrected chi connectivity index (χ1v) is 11.6. The lowest BCUT2D eigenvalue weighted by Crippen LogP contribution is -2.32. The van der Waals surface area contributed by atoms with E-state index in [0.29, 0.717) is 18.8 Å². The fourth-order valence-corrected chi connectivity index (χ4v) is 5.31. The van der Waals surface area contributed by atoms with E-state index >= 15 is 0 Å². The molecule has 0 aromatic heterocycles. The van der Waals surface area contributed by atoms with Crippen molar-refractivity contribution in [3.05, 3.63) is 54.6 Å². The van der Waals surface area contributed by atoms with Gasteiger partial charge in [-0.2, -0.15) is 4.31 Å². The van der Waals surface area contributed by atoms with Crippen molar-refractivity contribution in [3.8, 4) is 0 Å². The monoisotopic (exact) mass is 404 g/mol. The van der Waals surface area contributed by atoms with Gasteiger partial charge in [-0.3, -0.25) is 4.79 Å². The molecule has 0 spiro atoms. The van der Waals surface area contributed by atoms with Gasteiger partial charge in [-0.15, -0.1) is 11.8 Å². The molecule has 1 aliphatic rings. The molecule has 2 aromatic carbocycles. The van der Waals surface area contributed by atoms with Gasteiger partial charge in [0, 0.05) is 23.7 Å². The summed E-state index contributed by atoms with van der Waals surface area (Å²) >= 11 is 1.44. The number of hydrogen-bond acceptors (Lipinski definition) is 4. The smallest absolute Gasteiger partial charge is 0.243 e. The predicted octanol–water partition coefficient (Wildman–Crippen LogP) is 3.98. The number of nitrogens with zero attached hydrogens (tertiary/aromatic N) is 1. The minimum Gasteiger partial charge on any atom is -0.325 e. The number of anilines is 1. The standard InChI is InChI=1S/C20H24N2O3S2/c23-20(16-26-18-10-4-3-5-11-18)21-17-9-8-12-19(15-17)27(24,25)22-13-6-1-2-7-14-22/h3-5,8-12,15H,1-2,6-7,13-14,16H2,(H,21,23). The van der Waals surface area contributed by atoms with Gasteiger partial charge >= 0.3 is 0 Å². The molecule has 1 heterocycles. The van der Waals surface area contributed by atoms with Crippen LogP contribution in [0.4, 0.5) is 5.69 Å². The Balaban J connectivity index is 1.65. The number of nitrogens with one attached hydrogen (secondary N) is 1. The predicted molar refractivity (Wildman–Crippen MR) is 109 cm³/mol. The highest BCUT2D eigenvalue weighted by atomic mass is 32.2. The van der Waals surface area contributed by atoms with Gasteiger partial charge in [0.15, 0.2) is 0 Å². The molecule has 0 radical (unpaired) electrons. The van der Waals surface area contributed by atoms with Crippen molar-refractivity contribution in [1.82, 2.24) is 4.31 Å². The first-order chi connectivity index (χ1) is 13.1. The zero-order valence-electron chi connectivity index (χ0n) is 15.1. The van der Waals surface area contributed by atoms with Crippen LogP contribution in [0.15, 0.2) is 64.4 Å². The summed E-state index contributed by atoms with van der Waals surface area (Å²) in [4.78, 5) is 13.5. The van der Waals surface area contributed by atoms with Crippen molar-refractivity contribution in [2.45, 2.75) is 35.5 Å². The quantitative estimate of drug-likeness (QED) is 0.740. The zero-order chi connectivity index (χ0) is 19.1. The minimum absolute atomic E-state index is 0.159. The zero-order valence-corrected chi connectivity index (χ0v) is 16.8. The summed E-state index contributed by atoms with van der Waals surface area (Å²) in [5.41, 5.74) is 0.504. The lowest BCUT2D eigenvalue weighted by Gasteiger charge is -2.20. The van der Waals surface area contributed by atoms with Crippen LogP contribution < -0.4 is 5.32 Å². The summed E-state index contributed by atoms with van der Waals surface area (Å²) < 4.78 is 27.4. The van der Waals surface area contributed by atoms with Crippen LogP contribution in [0.5, 0.6) is 0 Å². The van der Waals surface area contributed by atoms with E-state index in [1.165, 1.54) is 11.8 Å². The second kappa shape index (κ2) is 9.39. The van der Waals surface area contributed by atoms with Gasteiger partial charge in [-0.05, 0) is 43.2 Å². The summed E-state index contributed by atoms with van der Waals surface area (Å²) in [6.45, 7) is 1.12. The summed E-state index contributed by atoms with van der Waals surface area (Å²) in [6.07, 6.45) is 3.93. The second-order valence-corrected chi connectivity index (χ2v) is 9.48. The van der Waals surface area contributed by atoms with E-state index in [-0.39, 0.29) is 16.6 Å². The van der Waals surface area contributed by atoms with E-state index in [2.05, 4.69) is 5.32 Å². The Labute approximate surface area is 165 Å². The molecule has 5 nitrogen and oxygen atoms in total. The first-order valence-electron chi connectivity index (χ1n) is 9.14. The van der Waals surface area contributed by atoms with Crippen LogP contribution in [-0.2, 0) is 14.8 Å². The highest BCUT2D eigenvalue weighted by Crippen LogP contribution is 2.23. The summed E-state index contributed by atoms with van der Waals surface area (Å²) in [6, 6.07) is 16.2. The van der Waals surface area contributed by atoms with Crippen LogP contribution in [0.2, 0.25) is 0 Å². The molecule has 0 unspecified atom stereocenters. The molecule has 3 rings (SSSR count). The average molecular weight is 405 g/mol. The van der Waals surface area contributed by atoms with Gasteiger partial charge in [0.2, 0.25) is 15.9 Å². The van der Waals surface area contributed by atoms with Gasteiger partial charge in [-0.25, -0.2) is 8.42 Å². The summed E-state index contributed by atoms with van der Waals surface area (Å²) in [5, 5.41) is 2.80. The fourth-order valence-electron chi connectivity index (χ4n) is 3.03. The van der Waals surface area contributed by atoms with Crippen molar-refractivity contribution >= 4 is 33.4 Å².